The number of rotatable bonds is 5. The zero-order valence-electron chi connectivity index (χ0n) is 14.9. The van der Waals surface area contributed by atoms with Crippen LogP contribution in [-0.2, 0) is 6.42 Å². The van der Waals surface area contributed by atoms with E-state index < -0.39 is 0 Å². The summed E-state index contributed by atoms with van der Waals surface area (Å²) in [6.45, 7) is 2.08. The number of aromatic nitrogens is 1. The highest BCUT2D eigenvalue weighted by Gasteiger charge is 2.20. The molecule has 0 fully saturated rings. The normalized spacial score (nSPS) is 11.6. The molecule has 0 aliphatic carbocycles. The van der Waals surface area contributed by atoms with Crippen molar-refractivity contribution in [3.63, 3.8) is 0 Å². The maximum absolute atomic E-state index is 13.3. The lowest BCUT2D eigenvalue weighted by Gasteiger charge is -2.18. The van der Waals surface area contributed by atoms with E-state index >= 15 is 0 Å². The van der Waals surface area contributed by atoms with Crippen LogP contribution >= 0.6 is 23.8 Å². The first kappa shape index (κ1) is 19.1. The number of pyridine rings is 1. The number of nitrogens with zero attached hydrogens (tertiary/aromatic N) is 1. The van der Waals surface area contributed by atoms with Crippen molar-refractivity contribution < 1.29 is 9.67 Å². The van der Waals surface area contributed by atoms with Gasteiger partial charge in [-0.2, -0.15) is 4.57 Å². The summed E-state index contributed by atoms with van der Waals surface area (Å²) < 4.78 is 1.72. The Kier molecular flexibility index (Phi) is 6.22. The fraction of sp³-hybridized carbons (Fsp3) is 0.0909. The molecule has 0 spiro atoms. The number of thiocarbonyl (C=S) groups is 1. The van der Waals surface area contributed by atoms with Gasteiger partial charge in [0, 0.05) is 22.8 Å². The molecular weight excluding hydrogens is 376 g/mol. The SMILES string of the molecule is CCc1ccccc1NC(=S)C(=C([O-])c1ccccc1Cl)[n+]1ccccc1. The number of halogens is 1. The zero-order chi connectivity index (χ0) is 19.2. The number of hydrogen-bond donors (Lipinski definition) is 1. The number of para-hydroxylation sites is 1. The minimum Gasteiger partial charge on any atom is -0.867 e. The molecule has 0 aliphatic rings. The van der Waals surface area contributed by atoms with E-state index in [0.717, 1.165) is 17.7 Å². The molecule has 136 valence electrons. The van der Waals surface area contributed by atoms with Crippen molar-refractivity contribution in [3.8, 4) is 0 Å². The van der Waals surface area contributed by atoms with Crippen LogP contribution < -0.4 is 15.0 Å². The van der Waals surface area contributed by atoms with E-state index in [1.54, 1.807) is 41.2 Å². The van der Waals surface area contributed by atoms with Gasteiger partial charge >= 0.3 is 0 Å². The van der Waals surface area contributed by atoms with E-state index in [0.29, 0.717) is 21.3 Å². The Morgan fingerprint density at radius 1 is 1.00 bits per heavy atom. The van der Waals surface area contributed by atoms with Gasteiger partial charge in [-0.25, -0.2) is 0 Å². The van der Waals surface area contributed by atoms with Crippen LogP contribution in [-0.4, -0.2) is 4.99 Å². The van der Waals surface area contributed by atoms with E-state index in [1.807, 2.05) is 42.5 Å². The van der Waals surface area contributed by atoms with Gasteiger partial charge < -0.3 is 10.4 Å². The highest BCUT2D eigenvalue weighted by Crippen LogP contribution is 2.24. The molecule has 0 atom stereocenters. The average Bonchev–Trinajstić information content (AvgIpc) is 2.69. The molecule has 1 aromatic heterocycles. The van der Waals surface area contributed by atoms with Gasteiger partial charge in [-0.3, -0.25) is 0 Å². The van der Waals surface area contributed by atoms with Gasteiger partial charge in [0.05, 0.1) is 0 Å². The number of aryl methyl sites for hydroxylation is 1. The third-order valence-corrected chi connectivity index (χ3v) is 4.79. The van der Waals surface area contributed by atoms with Crippen molar-refractivity contribution in [2.75, 3.05) is 5.32 Å². The van der Waals surface area contributed by atoms with E-state index in [4.69, 9.17) is 23.8 Å². The fourth-order valence-corrected chi connectivity index (χ4v) is 3.32. The molecule has 0 unspecified atom stereocenters. The summed E-state index contributed by atoms with van der Waals surface area (Å²) in [6, 6.07) is 20.5. The predicted molar refractivity (Wildman–Crippen MR) is 113 cm³/mol. The van der Waals surface area contributed by atoms with E-state index in [9.17, 15) is 5.11 Å². The van der Waals surface area contributed by atoms with Crippen molar-refractivity contribution in [1.29, 1.82) is 0 Å². The molecule has 3 rings (SSSR count). The van der Waals surface area contributed by atoms with Crippen molar-refractivity contribution >= 4 is 46.0 Å². The first-order chi connectivity index (χ1) is 13.1. The molecule has 2 aromatic carbocycles. The number of benzene rings is 2. The second kappa shape index (κ2) is 8.80. The molecule has 0 amide bonds. The largest absolute Gasteiger partial charge is 0.867 e. The summed E-state index contributed by atoms with van der Waals surface area (Å²) in [5.41, 5.74) is 2.79. The Morgan fingerprint density at radius 3 is 2.37 bits per heavy atom. The summed E-state index contributed by atoms with van der Waals surface area (Å²) in [5, 5.41) is 16.9. The molecule has 5 heteroatoms. The van der Waals surface area contributed by atoms with Gasteiger partial charge in [0.1, 0.15) is 0 Å². The van der Waals surface area contributed by atoms with Gasteiger partial charge in [-0.1, -0.05) is 73.2 Å². The lowest BCUT2D eigenvalue weighted by molar-refractivity contribution is -0.577. The molecule has 0 saturated heterocycles. The van der Waals surface area contributed by atoms with Crippen LogP contribution in [0.4, 0.5) is 5.69 Å². The van der Waals surface area contributed by atoms with Crippen molar-refractivity contribution in [1.82, 2.24) is 0 Å². The van der Waals surface area contributed by atoms with Gasteiger partial charge in [0.25, 0.3) is 0 Å². The van der Waals surface area contributed by atoms with Gasteiger partial charge in [-0.15, -0.1) is 0 Å². The van der Waals surface area contributed by atoms with Crippen LogP contribution in [0.25, 0.3) is 11.5 Å². The summed E-state index contributed by atoms with van der Waals surface area (Å²) >= 11 is 11.9. The fourth-order valence-electron chi connectivity index (χ4n) is 2.79. The first-order valence-corrected chi connectivity index (χ1v) is 9.42. The molecule has 0 bridgehead atoms. The molecule has 1 N–H and O–H groups in total. The third-order valence-electron chi connectivity index (χ3n) is 4.17. The highest BCUT2D eigenvalue weighted by atomic mass is 35.5. The van der Waals surface area contributed by atoms with Crippen molar-refractivity contribution in [2.45, 2.75) is 13.3 Å². The van der Waals surface area contributed by atoms with Crippen LogP contribution in [0.5, 0.6) is 0 Å². The quantitative estimate of drug-likeness (QED) is 0.303. The standard InChI is InChI=1S/C22H19ClN2OS/c1-2-16-10-4-7-13-19(16)24-22(27)20(25-14-8-3-9-15-25)21(26)17-11-5-6-12-18(17)23/h3-15H,2H2,1H3,(H-,24,26,27). The van der Waals surface area contributed by atoms with Gasteiger partial charge in [0.15, 0.2) is 17.4 Å². The van der Waals surface area contributed by atoms with E-state index in [1.165, 1.54) is 0 Å². The molecule has 0 radical (unpaired) electrons. The number of hydrogen-bond acceptors (Lipinski definition) is 2. The lowest BCUT2D eigenvalue weighted by Crippen LogP contribution is -2.39. The summed E-state index contributed by atoms with van der Waals surface area (Å²) in [6.07, 6.45) is 4.45. The Morgan fingerprint density at radius 2 is 1.67 bits per heavy atom. The summed E-state index contributed by atoms with van der Waals surface area (Å²) in [7, 11) is 0. The molecular formula is C22H19ClN2OS. The second-order valence-electron chi connectivity index (χ2n) is 5.91. The molecule has 3 nitrogen and oxygen atoms in total. The minimum absolute atomic E-state index is 0.233. The maximum atomic E-state index is 13.3. The van der Waals surface area contributed by atoms with Gasteiger partial charge in [-0.05, 0) is 35.4 Å². The lowest BCUT2D eigenvalue weighted by atomic mass is 10.1. The topological polar surface area (TPSA) is 39.0 Å². The Labute approximate surface area is 169 Å². The Hall–Kier alpha value is -2.69. The second-order valence-corrected chi connectivity index (χ2v) is 6.72. The summed E-state index contributed by atoms with van der Waals surface area (Å²) in [5.74, 6) is -0.233. The van der Waals surface area contributed by atoms with Crippen molar-refractivity contribution in [2.24, 2.45) is 0 Å². The maximum Gasteiger partial charge on any atom is 0.238 e. The summed E-state index contributed by atoms with van der Waals surface area (Å²) in [4.78, 5) is 0.344. The van der Waals surface area contributed by atoms with Crippen molar-refractivity contribution in [3.05, 3.63) is 95.3 Å². The Balaban J connectivity index is 2.09. The van der Waals surface area contributed by atoms with Crippen LogP contribution in [0.2, 0.25) is 5.02 Å². The minimum atomic E-state index is -0.233. The predicted octanol–water partition coefficient (Wildman–Crippen LogP) is 4.32. The number of anilines is 1. The highest BCUT2D eigenvalue weighted by molar-refractivity contribution is 7.81. The van der Waals surface area contributed by atoms with Crippen LogP contribution in [0, 0.1) is 0 Å². The molecule has 27 heavy (non-hydrogen) atoms. The molecule has 0 saturated carbocycles. The Bertz CT molecular complexity index is 986. The monoisotopic (exact) mass is 394 g/mol. The molecule has 0 aliphatic heterocycles. The smallest absolute Gasteiger partial charge is 0.238 e. The molecule has 1 heterocycles. The van der Waals surface area contributed by atoms with Gasteiger partial charge in [0.2, 0.25) is 5.70 Å². The van der Waals surface area contributed by atoms with E-state index in [2.05, 4.69) is 12.2 Å². The average molecular weight is 395 g/mol. The third kappa shape index (κ3) is 4.35. The van der Waals surface area contributed by atoms with E-state index in [-0.39, 0.29) is 5.76 Å². The van der Waals surface area contributed by atoms with Crippen LogP contribution in [0.1, 0.15) is 18.1 Å². The van der Waals surface area contributed by atoms with Crippen LogP contribution in [0.3, 0.4) is 0 Å². The van der Waals surface area contributed by atoms with Crippen LogP contribution in [0.15, 0.2) is 79.1 Å². The molecule has 3 aromatic rings. The first-order valence-electron chi connectivity index (χ1n) is 8.64. The zero-order valence-corrected chi connectivity index (χ0v) is 16.4. The number of nitrogens with one attached hydrogen (secondary N) is 1.